The summed E-state index contributed by atoms with van der Waals surface area (Å²) in [7, 11) is 0. The molecule has 1 aromatic rings. The van der Waals surface area contributed by atoms with E-state index in [1.165, 1.54) is 12.1 Å². The Bertz CT molecular complexity index is 692. The molecule has 0 aliphatic carbocycles. The molecule has 0 bridgehead atoms. The molecule has 0 aliphatic heterocycles. The summed E-state index contributed by atoms with van der Waals surface area (Å²) in [5.41, 5.74) is -0.669. The molecule has 150 valence electrons. The highest BCUT2D eigenvalue weighted by Gasteiger charge is 2.22. The molecule has 0 unspecified atom stereocenters. The van der Waals surface area contributed by atoms with Crippen LogP contribution in [0, 0.1) is 5.82 Å². The molecule has 1 atom stereocenters. The second-order valence-electron chi connectivity index (χ2n) is 6.87. The molecule has 1 rings (SSSR count). The van der Waals surface area contributed by atoms with Gasteiger partial charge in [0.25, 0.3) is 0 Å². The number of hydrogen-bond donors (Lipinski definition) is 3. The van der Waals surface area contributed by atoms with Crippen LogP contribution < -0.4 is 16.0 Å². The van der Waals surface area contributed by atoms with Gasteiger partial charge in [-0.3, -0.25) is 9.59 Å². The lowest BCUT2D eigenvalue weighted by molar-refractivity contribution is -0.154. The Morgan fingerprint density at radius 2 is 1.93 bits per heavy atom. The van der Waals surface area contributed by atoms with Crippen LogP contribution >= 0.6 is 15.9 Å². The number of urea groups is 1. The Hall–Kier alpha value is -2.16. The van der Waals surface area contributed by atoms with Crippen molar-refractivity contribution in [1.29, 1.82) is 0 Å². The summed E-state index contributed by atoms with van der Waals surface area (Å²) < 4.78 is 19.4. The van der Waals surface area contributed by atoms with Gasteiger partial charge in [-0.1, -0.05) is 29.3 Å². The highest BCUT2D eigenvalue weighted by molar-refractivity contribution is 9.10. The number of ether oxygens (including phenoxy) is 1. The first kappa shape index (κ1) is 22.9. The summed E-state index contributed by atoms with van der Waals surface area (Å²) in [6, 6.07) is 2.61. The van der Waals surface area contributed by atoms with Gasteiger partial charge in [0.05, 0.1) is 5.69 Å². The lowest BCUT2D eigenvalue weighted by Crippen LogP contribution is -2.49. The van der Waals surface area contributed by atoms with Crippen molar-refractivity contribution in [3.05, 3.63) is 28.5 Å². The van der Waals surface area contributed by atoms with Crippen LogP contribution in [0.15, 0.2) is 22.7 Å². The summed E-state index contributed by atoms with van der Waals surface area (Å²) in [6.07, 6.45) is 0.980. The molecule has 0 aromatic heterocycles. The zero-order chi connectivity index (χ0) is 20.6. The van der Waals surface area contributed by atoms with Crippen LogP contribution in [0.2, 0.25) is 0 Å². The largest absolute Gasteiger partial charge is 0.459 e. The third kappa shape index (κ3) is 8.85. The molecule has 7 nitrogen and oxygen atoms in total. The molecule has 0 radical (unpaired) electrons. The van der Waals surface area contributed by atoms with Crippen molar-refractivity contribution in [2.24, 2.45) is 0 Å². The normalized spacial score (nSPS) is 12.1. The molecule has 3 N–H and O–H groups in total. The zero-order valence-corrected chi connectivity index (χ0v) is 17.4. The fourth-order valence-electron chi connectivity index (χ4n) is 2.13. The first-order valence-electron chi connectivity index (χ1n) is 8.54. The Kier molecular flexibility index (Phi) is 8.68. The van der Waals surface area contributed by atoms with Crippen molar-refractivity contribution in [3.63, 3.8) is 0 Å². The number of carbonyl (C=O) groups excluding carboxylic acids is 3. The van der Waals surface area contributed by atoms with Gasteiger partial charge in [-0.15, -0.1) is 0 Å². The average Bonchev–Trinajstić information content (AvgIpc) is 2.53. The number of nitrogens with one attached hydrogen (secondary N) is 3. The van der Waals surface area contributed by atoms with Crippen molar-refractivity contribution < 1.29 is 23.5 Å². The van der Waals surface area contributed by atoms with Gasteiger partial charge in [0.1, 0.15) is 24.0 Å². The molecular formula is C18H25BrFN3O4. The molecule has 0 fully saturated rings. The molecule has 0 spiro atoms. The highest BCUT2D eigenvalue weighted by atomic mass is 79.9. The van der Waals surface area contributed by atoms with E-state index in [1.54, 1.807) is 26.8 Å². The van der Waals surface area contributed by atoms with E-state index in [0.29, 0.717) is 17.3 Å². The van der Waals surface area contributed by atoms with Crippen LogP contribution in [0.3, 0.4) is 0 Å². The van der Waals surface area contributed by atoms with Crippen LogP contribution in [0.4, 0.5) is 14.9 Å². The van der Waals surface area contributed by atoms with E-state index >= 15 is 0 Å². The maximum absolute atomic E-state index is 13.8. The quantitative estimate of drug-likeness (QED) is 0.560. The van der Waals surface area contributed by atoms with Crippen LogP contribution in [0.5, 0.6) is 0 Å². The number of benzene rings is 1. The van der Waals surface area contributed by atoms with E-state index in [2.05, 4.69) is 31.9 Å². The van der Waals surface area contributed by atoms with Gasteiger partial charge >= 0.3 is 12.0 Å². The van der Waals surface area contributed by atoms with Gasteiger partial charge in [-0.2, -0.15) is 0 Å². The van der Waals surface area contributed by atoms with Crippen LogP contribution in [-0.2, 0) is 14.3 Å². The molecule has 0 saturated carbocycles. The third-order valence-electron chi connectivity index (χ3n) is 3.21. The number of hydrogen-bond acceptors (Lipinski definition) is 4. The molecule has 0 aliphatic rings. The van der Waals surface area contributed by atoms with Crippen LogP contribution in [0.1, 0.15) is 40.5 Å². The topological polar surface area (TPSA) is 96.5 Å². The first-order valence-corrected chi connectivity index (χ1v) is 9.33. The summed E-state index contributed by atoms with van der Waals surface area (Å²) in [5, 5.41) is 7.29. The maximum atomic E-state index is 13.8. The average molecular weight is 446 g/mol. The summed E-state index contributed by atoms with van der Waals surface area (Å²) in [5.74, 6) is -1.71. The van der Waals surface area contributed by atoms with Crippen LogP contribution in [-0.4, -0.2) is 36.1 Å². The Morgan fingerprint density at radius 1 is 1.26 bits per heavy atom. The lowest BCUT2D eigenvalue weighted by atomic mass is 10.1. The lowest BCUT2D eigenvalue weighted by Gasteiger charge is -2.21. The van der Waals surface area contributed by atoms with Gasteiger partial charge in [0, 0.05) is 4.47 Å². The van der Waals surface area contributed by atoms with Crippen molar-refractivity contribution in [3.8, 4) is 0 Å². The van der Waals surface area contributed by atoms with E-state index in [1.807, 2.05) is 6.92 Å². The zero-order valence-electron chi connectivity index (χ0n) is 15.8. The van der Waals surface area contributed by atoms with Crippen molar-refractivity contribution in [2.45, 2.75) is 52.2 Å². The minimum atomic E-state index is -0.865. The van der Waals surface area contributed by atoms with E-state index in [9.17, 15) is 18.8 Å². The number of carbonyl (C=O) groups is 3. The minimum Gasteiger partial charge on any atom is -0.459 e. The van der Waals surface area contributed by atoms with Crippen molar-refractivity contribution in [1.82, 2.24) is 10.6 Å². The summed E-state index contributed by atoms with van der Waals surface area (Å²) in [6.45, 7) is 6.71. The standard InChI is InChI=1S/C18H25BrFN3O4/c1-5-6-14(16(25)21-10-15(24)27-18(2,3)4)23-17(26)22-13-8-7-11(19)9-12(13)20/h7-9,14H,5-6,10H2,1-4H3,(H,21,25)(H2,22,23,26)/t14-/m0/s1. The molecular weight excluding hydrogens is 421 g/mol. The first-order chi connectivity index (χ1) is 12.5. The van der Waals surface area contributed by atoms with Crippen molar-refractivity contribution in [2.75, 3.05) is 11.9 Å². The predicted molar refractivity (Wildman–Crippen MR) is 104 cm³/mol. The molecule has 3 amide bonds. The van der Waals surface area contributed by atoms with Gasteiger partial charge in [-0.05, 0) is 45.4 Å². The maximum Gasteiger partial charge on any atom is 0.325 e. The SMILES string of the molecule is CCC[C@H](NC(=O)Nc1ccc(Br)cc1F)C(=O)NCC(=O)OC(C)(C)C. The van der Waals surface area contributed by atoms with Gasteiger partial charge in [0.2, 0.25) is 5.91 Å². The monoisotopic (exact) mass is 445 g/mol. The number of amides is 3. The molecule has 27 heavy (non-hydrogen) atoms. The third-order valence-corrected chi connectivity index (χ3v) is 3.70. The molecule has 0 heterocycles. The Morgan fingerprint density at radius 3 is 2.48 bits per heavy atom. The number of halogens is 2. The van der Waals surface area contributed by atoms with Gasteiger partial charge < -0.3 is 20.7 Å². The number of rotatable bonds is 7. The van der Waals surface area contributed by atoms with E-state index in [4.69, 9.17) is 4.74 Å². The molecule has 9 heteroatoms. The summed E-state index contributed by atoms with van der Waals surface area (Å²) >= 11 is 3.13. The number of anilines is 1. The summed E-state index contributed by atoms with van der Waals surface area (Å²) in [4.78, 5) is 36.0. The Labute approximate surface area is 166 Å². The Balaban J connectivity index is 2.62. The van der Waals surface area contributed by atoms with E-state index < -0.39 is 35.4 Å². The molecule has 1 aromatic carbocycles. The fraction of sp³-hybridized carbons (Fsp3) is 0.500. The van der Waals surface area contributed by atoms with Crippen LogP contribution in [0.25, 0.3) is 0 Å². The molecule has 0 saturated heterocycles. The van der Waals surface area contributed by atoms with Gasteiger partial charge in [-0.25, -0.2) is 9.18 Å². The predicted octanol–water partition coefficient (Wildman–Crippen LogP) is 3.34. The second-order valence-corrected chi connectivity index (χ2v) is 7.78. The smallest absolute Gasteiger partial charge is 0.325 e. The van der Waals surface area contributed by atoms with Gasteiger partial charge in [0.15, 0.2) is 0 Å². The highest BCUT2D eigenvalue weighted by Crippen LogP contribution is 2.19. The van der Waals surface area contributed by atoms with E-state index in [0.717, 1.165) is 0 Å². The van der Waals surface area contributed by atoms with E-state index in [-0.39, 0.29) is 12.2 Å². The minimum absolute atomic E-state index is 0.0138. The second kappa shape index (κ2) is 10.2. The van der Waals surface area contributed by atoms with Crippen molar-refractivity contribution >= 4 is 39.5 Å². The fourth-order valence-corrected chi connectivity index (χ4v) is 2.46. The number of esters is 1.